The van der Waals surface area contributed by atoms with E-state index in [1.807, 2.05) is 31.2 Å². The van der Waals surface area contributed by atoms with Crippen LogP contribution in [0.2, 0.25) is 0 Å². The molecule has 15 heavy (non-hydrogen) atoms. The number of hydrogen-bond acceptors (Lipinski definition) is 2. The number of rotatable bonds is 2. The van der Waals surface area contributed by atoms with E-state index in [0.29, 0.717) is 5.11 Å². The van der Waals surface area contributed by atoms with Crippen molar-refractivity contribution >= 4 is 39.0 Å². The molecule has 0 aliphatic carbocycles. The first-order chi connectivity index (χ1) is 7.13. The number of nitrogens with one attached hydrogen (secondary N) is 2. The van der Waals surface area contributed by atoms with Gasteiger partial charge >= 0.3 is 0 Å². The highest BCUT2D eigenvalue weighted by Crippen LogP contribution is 2.10. The lowest BCUT2D eigenvalue weighted by Crippen LogP contribution is -2.29. The first-order valence-corrected chi connectivity index (χ1v) is 5.61. The number of hydrogen-bond donors (Lipinski definition) is 2. The normalized spacial score (nSPS) is 11.0. The summed E-state index contributed by atoms with van der Waals surface area (Å²) in [6.45, 7) is 1.93. The Kier molecular flexibility index (Phi) is 4.71. The second kappa shape index (κ2) is 5.82. The van der Waals surface area contributed by atoms with Gasteiger partial charge < -0.3 is 5.32 Å². The van der Waals surface area contributed by atoms with E-state index in [0.717, 1.165) is 15.7 Å². The SMILES string of the molecule is CNC(=S)N/N=C(/C)c1ccc(Br)cc1. The molecule has 0 bridgehead atoms. The number of nitrogens with zero attached hydrogens (tertiary/aromatic N) is 1. The molecule has 0 fully saturated rings. The zero-order valence-corrected chi connectivity index (χ0v) is 10.9. The van der Waals surface area contributed by atoms with Gasteiger partial charge in [-0.3, -0.25) is 5.43 Å². The van der Waals surface area contributed by atoms with Gasteiger partial charge in [-0.05, 0) is 36.8 Å². The van der Waals surface area contributed by atoms with Crippen molar-refractivity contribution in [2.24, 2.45) is 5.10 Å². The van der Waals surface area contributed by atoms with Crippen LogP contribution in [0.5, 0.6) is 0 Å². The summed E-state index contributed by atoms with van der Waals surface area (Å²) in [7, 11) is 1.75. The molecule has 0 saturated heterocycles. The van der Waals surface area contributed by atoms with E-state index in [2.05, 4.69) is 31.8 Å². The molecule has 0 saturated carbocycles. The third-order valence-electron chi connectivity index (χ3n) is 1.81. The molecule has 3 nitrogen and oxygen atoms in total. The van der Waals surface area contributed by atoms with E-state index < -0.39 is 0 Å². The van der Waals surface area contributed by atoms with Crippen molar-refractivity contribution in [3.8, 4) is 0 Å². The molecule has 0 spiro atoms. The van der Waals surface area contributed by atoms with Gasteiger partial charge in [-0.15, -0.1) is 0 Å². The smallest absolute Gasteiger partial charge is 0.186 e. The predicted octanol–water partition coefficient (Wildman–Crippen LogP) is 2.27. The average Bonchev–Trinajstić information content (AvgIpc) is 2.26. The van der Waals surface area contributed by atoms with Crippen molar-refractivity contribution in [3.05, 3.63) is 34.3 Å². The van der Waals surface area contributed by atoms with Crippen LogP contribution < -0.4 is 10.7 Å². The predicted molar refractivity (Wildman–Crippen MR) is 71.1 cm³/mol. The molecule has 0 heterocycles. The summed E-state index contributed by atoms with van der Waals surface area (Å²) in [4.78, 5) is 0. The van der Waals surface area contributed by atoms with Crippen LogP contribution in [0.15, 0.2) is 33.8 Å². The van der Waals surface area contributed by atoms with E-state index in [4.69, 9.17) is 12.2 Å². The van der Waals surface area contributed by atoms with E-state index >= 15 is 0 Å². The minimum absolute atomic E-state index is 0.506. The van der Waals surface area contributed by atoms with Gasteiger partial charge in [0.05, 0.1) is 5.71 Å². The van der Waals surface area contributed by atoms with Crippen LogP contribution in [0.3, 0.4) is 0 Å². The Balaban J connectivity index is 2.71. The van der Waals surface area contributed by atoms with Gasteiger partial charge in [-0.2, -0.15) is 5.10 Å². The van der Waals surface area contributed by atoms with Gasteiger partial charge in [0, 0.05) is 11.5 Å². The summed E-state index contributed by atoms with van der Waals surface area (Å²) >= 11 is 8.29. The topological polar surface area (TPSA) is 36.4 Å². The molecule has 0 aromatic heterocycles. The van der Waals surface area contributed by atoms with E-state index in [-0.39, 0.29) is 0 Å². The maximum absolute atomic E-state index is 4.91. The zero-order valence-electron chi connectivity index (χ0n) is 8.54. The highest BCUT2D eigenvalue weighted by molar-refractivity contribution is 9.10. The lowest BCUT2D eigenvalue weighted by Gasteiger charge is -2.03. The fourth-order valence-electron chi connectivity index (χ4n) is 0.946. The Hall–Kier alpha value is -0.940. The number of halogens is 1. The lowest BCUT2D eigenvalue weighted by molar-refractivity contribution is 0.974. The molecular formula is C10H12BrN3S. The van der Waals surface area contributed by atoms with Crippen LogP contribution in [-0.4, -0.2) is 17.9 Å². The van der Waals surface area contributed by atoms with Crippen LogP contribution in [0.1, 0.15) is 12.5 Å². The second-order valence-corrected chi connectivity index (χ2v) is 4.22. The fraction of sp³-hybridized carbons (Fsp3) is 0.200. The zero-order chi connectivity index (χ0) is 11.3. The van der Waals surface area contributed by atoms with Crippen molar-refractivity contribution in [1.29, 1.82) is 0 Å². The lowest BCUT2D eigenvalue weighted by atomic mass is 10.1. The van der Waals surface area contributed by atoms with Gasteiger partial charge in [-0.25, -0.2) is 0 Å². The van der Waals surface area contributed by atoms with Gasteiger partial charge in [0.25, 0.3) is 0 Å². The molecule has 0 aliphatic rings. The molecule has 0 unspecified atom stereocenters. The molecule has 1 rings (SSSR count). The van der Waals surface area contributed by atoms with E-state index in [1.54, 1.807) is 7.05 Å². The molecule has 0 aliphatic heterocycles. The first-order valence-electron chi connectivity index (χ1n) is 4.41. The summed E-state index contributed by atoms with van der Waals surface area (Å²) < 4.78 is 1.05. The fourth-order valence-corrected chi connectivity index (χ4v) is 1.26. The largest absolute Gasteiger partial charge is 0.364 e. The third-order valence-corrected chi connectivity index (χ3v) is 2.64. The van der Waals surface area contributed by atoms with Crippen molar-refractivity contribution in [3.63, 3.8) is 0 Å². The Bertz CT molecular complexity index is 373. The summed E-state index contributed by atoms with van der Waals surface area (Å²) in [5.74, 6) is 0. The van der Waals surface area contributed by atoms with Gasteiger partial charge in [-0.1, -0.05) is 28.1 Å². The minimum atomic E-state index is 0.506. The van der Waals surface area contributed by atoms with Crippen molar-refractivity contribution in [1.82, 2.24) is 10.7 Å². The molecule has 0 radical (unpaired) electrons. The molecule has 0 atom stereocenters. The maximum Gasteiger partial charge on any atom is 0.186 e. The summed E-state index contributed by atoms with van der Waals surface area (Å²) in [6, 6.07) is 7.94. The molecule has 5 heteroatoms. The average molecular weight is 286 g/mol. The summed E-state index contributed by atoms with van der Waals surface area (Å²) in [5.41, 5.74) is 4.69. The van der Waals surface area contributed by atoms with Crippen LogP contribution in [0.4, 0.5) is 0 Å². The van der Waals surface area contributed by atoms with Crippen LogP contribution >= 0.6 is 28.1 Å². The van der Waals surface area contributed by atoms with Crippen molar-refractivity contribution in [2.75, 3.05) is 7.05 Å². The number of hydrazone groups is 1. The van der Waals surface area contributed by atoms with Gasteiger partial charge in [0.15, 0.2) is 5.11 Å². The monoisotopic (exact) mass is 285 g/mol. The Morgan fingerprint density at radius 2 is 1.93 bits per heavy atom. The number of benzene rings is 1. The maximum atomic E-state index is 4.91. The molecule has 2 N–H and O–H groups in total. The van der Waals surface area contributed by atoms with Crippen molar-refractivity contribution in [2.45, 2.75) is 6.92 Å². The summed E-state index contributed by atoms with van der Waals surface area (Å²) in [6.07, 6.45) is 0. The Morgan fingerprint density at radius 1 is 1.33 bits per heavy atom. The van der Waals surface area contributed by atoms with Crippen LogP contribution in [0, 0.1) is 0 Å². The van der Waals surface area contributed by atoms with Gasteiger partial charge in [0.1, 0.15) is 0 Å². The summed E-state index contributed by atoms with van der Waals surface area (Å²) in [5, 5.41) is 7.44. The molecule has 1 aromatic rings. The minimum Gasteiger partial charge on any atom is -0.364 e. The standard InChI is InChI=1S/C10H12BrN3S/c1-7(13-14-10(15)12-2)8-3-5-9(11)6-4-8/h3-6H,1-2H3,(H2,12,14,15)/b13-7-. The van der Waals surface area contributed by atoms with Crippen molar-refractivity contribution < 1.29 is 0 Å². The molecular weight excluding hydrogens is 274 g/mol. The van der Waals surface area contributed by atoms with E-state index in [1.165, 1.54) is 0 Å². The first kappa shape index (κ1) is 12.1. The highest BCUT2D eigenvalue weighted by atomic mass is 79.9. The van der Waals surface area contributed by atoms with Gasteiger partial charge in [0.2, 0.25) is 0 Å². The van der Waals surface area contributed by atoms with Crippen LogP contribution in [-0.2, 0) is 0 Å². The van der Waals surface area contributed by atoms with Crippen LogP contribution in [0.25, 0.3) is 0 Å². The Morgan fingerprint density at radius 3 is 2.47 bits per heavy atom. The quantitative estimate of drug-likeness (QED) is 0.497. The third kappa shape index (κ3) is 3.97. The Labute approximate surface area is 103 Å². The number of thiocarbonyl (C=S) groups is 1. The van der Waals surface area contributed by atoms with E-state index in [9.17, 15) is 0 Å². The molecule has 1 aromatic carbocycles. The second-order valence-electron chi connectivity index (χ2n) is 2.90. The molecule has 80 valence electrons. The highest BCUT2D eigenvalue weighted by Gasteiger charge is 1.97. The molecule has 0 amide bonds.